The highest BCUT2D eigenvalue weighted by molar-refractivity contribution is 5.94. The van der Waals surface area contributed by atoms with Crippen molar-refractivity contribution in [1.29, 1.82) is 5.26 Å². The molecule has 1 amide bonds. The normalized spacial score (nSPS) is 15.6. The van der Waals surface area contributed by atoms with Crippen molar-refractivity contribution >= 4 is 5.91 Å². The number of nitrogens with one attached hydrogen (secondary N) is 1. The van der Waals surface area contributed by atoms with E-state index in [0.29, 0.717) is 17.7 Å². The quantitative estimate of drug-likeness (QED) is 0.853. The van der Waals surface area contributed by atoms with Crippen LogP contribution in [0.3, 0.4) is 0 Å². The molecule has 1 heterocycles. The monoisotopic (exact) mass is 363 g/mol. The van der Waals surface area contributed by atoms with E-state index in [1.165, 1.54) is 24.8 Å². The van der Waals surface area contributed by atoms with E-state index < -0.39 is 0 Å². The van der Waals surface area contributed by atoms with Crippen molar-refractivity contribution in [3.05, 3.63) is 65.2 Å². The number of piperidine rings is 1. The van der Waals surface area contributed by atoms with Crippen molar-refractivity contribution in [2.75, 3.05) is 26.7 Å². The highest BCUT2D eigenvalue weighted by atomic mass is 16.5. The second-order valence-electron chi connectivity index (χ2n) is 6.79. The summed E-state index contributed by atoms with van der Waals surface area (Å²) in [4.78, 5) is 15.0. The SMILES string of the molecule is COc1ccc(C(CNC(=O)c2cccc(C#N)c2)N2CCCCC2)cc1. The highest BCUT2D eigenvalue weighted by Crippen LogP contribution is 2.26. The van der Waals surface area contributed by atoms with Crippen molar-refractivity contribution in [3.63, 3.8) is 0 Å². The van der Waals surface area contributed by atoms with Crippen LogP contribution in [0.15, 0.2) is 48.5 Å². The molecule has 1 aliphatic heterocycles. The molecular weight excluding hydrogens is 338 g/mol. The summed E-state index contributed by atoms with van der Waals surface area (Å²) in [6, 6.07) is 17.1. The fraction of sp³-hybridized carbons (Fsp3) is 0.364. The Morgan fingerprint density at radius 3 is 2.59 bits per heavy atom. The number of hydrogen-bond acceptors (Lipinski definition) is 4. The summed E-state index contributed by atoms with van der Waals surface area (Å²) in [6.07, 6.45) is 3.63. The molecule has 1 aliphatic rings. The van der Waals surface area contributed by atoms with Gasteiger partial charge in [-0.05, 0) is 61.8 Å². The predicted octanol–water partition coefficient (Wildman–Crippen LogP) is 3.52. The third-order valence-electron chi connectivity index (χ3n) is 5.04. The smallest absolute Gasteiger partial charge is 0.251 e. The average Bonchev–Trinajstić information content (AvgIpc) is 2.75. The zero-order valence-electron chi connectivity index (χ0n) is 15.6. The zero-order chi connectivity index (χ0) is 19.1. The first-order valence-electron chi connectivity index (χ1n) is 9.37. The van der Waals surface area contributed by atoms with Gasteiger partial charge < -0.3 is 10.1 Å². The molecule has 0 spiro atoms. The van der Waals surface area contributed by atoms with Crippen LogP contribution >= 0.6 is 0 Å². The van der Waals surface area contributed by atoms with Crippen LogP contribution in [-0.2, 0) is 0 Å². The summed E-state index contributed by atoms with van der Waals surface area (Å²) in [5.74, 6) is 0.677. The third-order valence-corrected chi connectivity index (χ3v) is 5.04. The fourth-order valence-corrected chi connectivity index (χ4v) is 3.54. The van der Waals surface area contributed by atoms with Crippen molar-refractivity contribution in [3.8, 4) is 11.8 Å². The molecule has 27 heavy (non-hydrogen) atoms. The number of ether oxygens (including phenoxy) is 1. The second-order valence-corrected chi connectivity index (χ2v) is 6.79. The molecule has 5 nitrogen and oxygen atoms in total. The summed E-state index contributed by atoms with van der Waals surface area (Å²) in [6.45, 7) is 2.61. The molecule has 3 rings (SSSR count). The van der Waals surface area contributed by atoms with Crippen molar-refractivity contribution in [1.82, 2.24) is 10.2 Å². The van der Waals surface area contributed by atoms with E-state index in [1.807, 2.05) is 12.1 Å². The number of rotatable bonds is 6. The number of carbonyl (C=O) groups is 1. The topological polar surface area (TPSA) is 65.4 Å². The van der Waals surface area contributed by atoms with Crippen LogP contribution in [-0.4, -0.2) is 37.6 Å². The molecule has 2 aromatic rings. The average molecular weight is 363 g/mol. The second kappa shape index (κ2) is 9.20. The number of hydrogen-bond donors (Lipinski definition) is 1. The van der Waals surface area contributed by atoms with Gasteiger partial charge in [-0.1, -0.05) is 24.6 Å². The van der Waals surface area contributed by atoms with Gasteiger partial charge in [-0.2, -0.15) is 5.26 Å². The Labute approximate surface area is 160 Å². The van der Waals surface area contributed by atoms with E-state index in [2.05, 4.69) is 28.4 Å². The largest absolute Gasteiger partial charge is 0.497 e. The van der Waals surface area contributed by atoms with Crippen LogP contribution in [0.2, 0.25) is 0 Å². The van der Waals surface area contributed by atoms with Gasteiger partial charge in [-0.15, -0.1) is 0 Å². The van der Waals surface area contributed by atoms with E-state index in [4.69, 9.17) is 10.00 Å². The van der Waals surface area contributed by atoms with Gasteiger partial charge in [-0.3, -0.25) is 9.69 Å². The molecule has 1 N–H and O–H groups in total. The van der Waals surface area contributed by atoms with Gasteiger partial charge in [0, 0.05) is 12.1 Å². The number of carbonyl (C=O) groups excluding carboxylic acids is 1. The third kappa shape index (κ3) is 4.87. The lowest BCUT2D eigenvalue weighted by molar-refractivity contribution is 0.0924. The van der Waals surface area contributed by atoms with Crippen LogP contribution in [0.5, 0.6) is 5.75 Å². The fourth-order valence-electron chi connectivity index (χ4n) is 3.54. The maximum absolute atomic E-state index is 12.6. The van der Waals surface area contributed by atoms with E-state index in [9.17, 15) is 4.79 Å². The van der Waals surface area contributed by atoms with Crippen molar-refractivity contribution in [2.45, 2.75) is 25.3 Å². The summed E-state index contributed by atoms with van der Waals surface area (Å²) >= 11 is 0. The lowest BCUT2D eigenvalue weighted by Gasteiger charge is -2.35. The van der Waals surface area contributed by atoms with Crippen molar-refractivity contribution in [2.24, 2.45) is 0 Å². The van der Waals surface area contributed by atoms with Gasteiger partial charge in [0.05, 0.1) is 24.8 Å². The minimum atomic E-state index is -0.150. The van der Waals surface area contributed by atoms with E-state index in [-0.39, 0.29) is 11.9 Å². The zero-order valence-corrected chi connectivity index (χ0v) is 15.6. The lowest BCUT2D eigenvalue weighted by Crippen LogP contribution is -2.40. The van der Waals surface area contributed by atoms with E-state index >= 15 is 0 Å². The molecule has 1 atom stereocenters. The Morgan fingerprint density at radius 1 is 1.19 bits per heavy atom. The molecule has 0 radical (unpaired) electrons. The van der Waals surface area contributed by atoms with Crippen LogP contribution in [0.1, 0.15) is 46.8 Å². The lowest BCUT2D eigenvalue weighted by atomic mass is 10.0. The van der Waals surface area contributed by atoms with Gasteiger partial charge in [0.15, 0.2) is 0 Å². The first kappa shape index (κ1) is 18.9. The van der Waals surface area contributed by atoms with Crippen LogP contribution in [0.25, 0.3) is 0 Å². The molecule has 5 heteroatoms. The van der Waals surface area contributed by atoms with Crippen LogP contribution in [0, 0.1) is 11.3 Å². The van der Waals surface area contributed by atoms with Crippen LogP contribution in [0.4, 0.5) is 0 Å². The van der Waals surface area contributed by atoms with Gasteiger partial charge >= 0.3 is 0 Å². The minimum absolute atomic E-state index is 0.124. The highest BCUT2D eigenvalue weighted by Gasteiger charge is 2.23. The minimum Gasteiger partial charge on any atom is -0.497 e. The molecule has 0 aromatic heterocycles. The molecule has 2 aromatic carbocycles. The molecule has 0 saturated carbocycles. The van der Waals surface area contributed by atoms with E-state index in [1.54, 1.807) is 31.4 Å². The summed E-state index contributed by atoms with van der Waals surface area (Å²) < 4.78 is 5.26. The molecule has 0 aliphatic carbocycles. The standard InChI is InChI=1S/C22H25N3O2/c1-27-20-10-8-18(9-11-20)21(25-12-3-2-4-13-25)16-24-22(26)19-7-5-6-17(14-19)15-23/h5-11,14,21H,2-4,12-13,16H2,1H3,(H,24,26). The molecule has 140 valence electrons. The molecule has 1 fully saturated rings. The number of benzene rings is 2. The Balaban J connectivity index is 1.74. The first-order chi connectivity index (χ1) is 13.2. The van der Waals surface area contributed by atoms with Crippen molar-refractivity contribution < 1.29 is 9.53 Å². The number of likely N-dealkylation sites (tertiary alicyclic amines) is 1. The molecule has 1 saturated heterocycles. The Bertz CT molecular complexity index is 805. The maximum atomic E-state index is 12.6. The Hall–Kier alpha value is -2.84. The van der Waals surface area contributed by atoms with Gasteiger partial charge in [0.2, 0.25) is 0 Å². The predicted molar refractivity (Wildman–Crippen MR) is 105 cm³/mol. The molecule has 0 bridgehead atoms. The van der Waals surface area contributed by atoms with Gasteiger partial charge in [0.25, 0.3) is 5.91 Å². The summed E-state index contributed by atoms with van der Waals surface area (Å²) in [5.41, 5.74) is 2.18. The first-order valence-corrected chi connectivity index (χ1v) is 9.37. The molecule has 1 unspecified atom stereocenters. The Morgan fingerprint density at radius 2 is 1.93 bits per heavy atom. The summed E-state index contributed by atoms with van der Waals surface area (Å²) in [5, 5.41) is 12.1. The van der Waals surface area contributed by atoms with E-state index in [0.717, 1.165) is 18.8 Å². The maximum Gasteiger partial charge on any atom is 0.251 e. The number of nitrogens with zero attached hydrogens (tertiary/aromatic N) is 2. The molecular formula is C22H25N3O2. The van der Waals surface area contributed by atoms with Gasteiger partial charge in [0.1, 0.15) is 5.75 Å². The number of amides is 1. The van der Waals surface area contributed by atoms with Gasteiger partial charge in [-0.25, -0.2) is 0 Å². The number of nitriles is 1. The Kier molecular flexibility index (Phi) is 6.45. The summed E-state index contributed by atoms with van der Waals surface area (Å²) in [7, 11) is 1.66. The van der Waals surface area contributed by atoms with Crippen LogP contribution < -0.4 is 10.1 Å². The number of methoxy groups -OCH3 is 1.